The molecule has 0 saturated heterocycles. The second kappa shape index (κ2) is 10.0. The van der Waals surface area contributed by atoms with E-state index in [1.807, 2.05) is 0 Å². The van der Waals surface area contributed by atoms with Gasteiger partial charge in [0.2, 0.25) is 0 Å². The number of rotatable bonds is 7. The molecule has 0 radical (unpaired) electrons. The molecule has 3 rings (SSSR count). The molecule has 1 atom stereocenters. The summed E-state index contributed by atoms with van der Waals surface area (Å²) in [5, 5.41) is 0. The molecule has 0 heterocycles. The fourth-order valence-corrected chi connectivity index (χ4v) is 4.89. The van der Waals surface area contributed by atoms with Gasteiger partial charge in [-0.1, -0.05) is 31.1 Å². The zero-order valence-electron chi connectivity index (χ0n) is 17.9. The molecule has 30 heavy (non-hydrogen) atoms. The summed E-state index contributed by atoms with van der Waals surface area (Å²) in [6.07, 6.45) is 11.4. The van der Waals surface area contributed by atoms with Crippen molar-refractivity contribution in [3.8, 4) is 0 Å². The van der Waals surface area contributed by atoms with Crippen LogP contribution in [-0.2, 0) is 10.8 Å². The van der Waals surface area contributed by atoms with Crippen molar-refractivity contribution in [3.63, 3.8) is 0 Å². The van der Waals surface area contributed by atoms with Crippen molar-refractivity contribution in [2.24, 2.45) is 17.8 Å². The average Bonchev–Trinajstić information content (AvgIpc) is 2.73. The van der Waals surface area contributed by atoms with Gasteiger partial charge < -0.3 is 4.74 Å². The van der Waals surface area contributed by atoms with Crippen LogP contribution in [0.4, 0.5) is 17.6 Å². The minimum atomic E-state index is -3.89. The highest BCUT2D eigenvalue weighted by molar-refractivity contribution is 5.28. The van der Waals surface area contributed by atoms with Gasteiger partial charge in [-0.15, -0.1) is 0 Å². The summed E-state index contributed by atoms with van der Waals surface area (Å²) >= 11 is 0. The van der Waals surface area contributed by atoms with Gasteiger partial charge in [0.25, 0.3) is 0 Å². The Labute approximate surface area is 177 Å². The molecule has 1 aromatic rings. The fourth-order valence-electron chi connectivity index (χ4n) is 4.89. The zero-order chi connectivity index (χ0) is 21.7. The zero-order valence-corrected chi connectivity index (χ0v) is 17.9. The third-order valence-corrected chi connectivity index (χ3v) is 6.79. The summed E-state index contributed by atoms with van der Waals surface area (Å²) < 4.78 is 61.5. The van der Waals surface area contributed by atoms with Gasteiger partial charge in [-0.2, -0.15) is 8.78 Å². The van der Waals surface area contributed by atoms with E-state index in [4.69, 9.17) is 4.74 Å². The number of hydrogen-bond acceptors (Lipinski definition) is 1. The second-order valence-electron chi connectivity index (χ2n) is 8.81. The van der Waals surface area contributed by atoms with E-state index in [0.29, 0.717) is 24.7 Å². The van der Waals surface area contributed by atoms with Crippen LogP contribution in [0.25, 0.3) is 0 Å². The summed E-state index contributed by atoms with van der Waals surface area (Å²) in [5.41, 5.74) is -1.06. The maximum Gasteiger partial charge on any atom is 0.429 e. The maximum atomic E-state index is 14.5. The van der Waals surface area contributed by atoms with Crippen molar-refractivity contribution in [2.75, 3.05) is 0 Å². The third kappa shape index (κ3) is 5.47. The smallest absolute Gasteiger partial charge is 0.429 e. The normalized spacial score (nSPS) is 25.4. The van der Waals surface area contributed by atoms with Gasteiger partial charge in [0.1, 0.15) is 5.56 Å². The minimum absolute atomic E-state index is 0.0108. The molecule has 1 saturated carbocycles. The van der Waals surface area contributed by atoms with Crippen LogP contribution in [0.3, 0.4) is 0 Å². The fraction of sp³-hybridized carbons (Fsp3) is 0.600. The molecule has 1 nitrogen and oxygen atoms in total. The molecule has 166 valence electrons. The summed E-state index contributed by atoms with van der Waals surface area (Å²) in [4.78, 5) is 0. The van der Waals surface area contributed by atoms with Crippen LogP contribution < -0.4 is 0 Å². The molecular weight excluding hydrogens is 392 g/mol. The molecule has 0 bridgehead atoms. The van der Waals surface area contributed by atoms with Gasteiger partial charge in [-0.25, -0.2) is 8.78 Å². The van der Waals surface area contributed by atoms with E-state index in [2.05, 4.69) is 19.1 Å². The Kier molecular flexibility index (Phi) is 7.65. The van der Waals surface area contributed by atoms with Gasteiger partial charge in [-0.05, 0) is 87.8 Å². The van der Waals surface area contributed by atoms with Crippen LogP contribution in [0.1, 0.15) is 75.8 Å². The van der Waals surface area contributed by atoms with E-state index in [9.17, 15) is 17.6 Å². The number of benzene rings is 1. The number of alkyl halides is 2. The first kappa shape index (κ1) is 22.9. The van der Waals surface area contributed by atoms with Gasteiger partial charge in [-0.3, -0.25) is 0 Å². The quantitative estimate of drug-likeness (QED) is 0.317. The van der Waals surface area contributed by atoms with Crippen molar-refractivity contribution in [3.05, 3.63) is 58.9 Å². The maximum absolute atomic E-state index is 14.5. The molecule has 0 aliphatic heterocycles. The van der Waals surface area contributed by atoms with Crippen LogP contribution in [0.2, 0.25) is 0 Å². The number of allylic oxidation sites excluding steroid dienone is 4. The topological polar surface area (TPSA) is 9.23 Å². The highest BCUT2D eigenvalue weighted by Crippen LogP contribution is 2.43. The molecule has 1 unspecified atom stereocenters. The summed E-state index contributed by atoms with van der Waals surface area (Å²) in [5.74, 6) is -0.674. The lowest BCUT2D eigenvalue weighted by atomic mass is 9.71. The Bertz CT molecular complexity index is 776. The van der Waals surface area contributed by atoms with Crippen LogP contribution in [0.5, 0.6) is 0 Å². The molecule has 2 aliphatic carbocycles. The predicted molar refractivity (Wildman–Crippen MR) is 111 cm³/mol. The average molecular weight is 425 g/mol. The summed E-state index contributed by atoms with van der Waals surface area (Å²) in [6.45, 7) is 3.39. The number of aryl methyl sites for hydroxylation is 1. The first-order chi connectivity index (χ1) is 14.3. The lowest BCUT2D eigenvalue weighted by molar-refractivity contribution is -0.228. The van der Waals surface area contributed by atoms with Gasteiger partial charge in [0.15, 0.2) is 11.6 Å². The predicted octanol–water partition coefficient (Wildman–Crippen LogP) is 8.19. The largest absolute Gasteiger partial charge is 0.434 e. The van der Waals surface area contributed by atoms with Gasteiger partial charge in [0, 0.05) is 6.42 Å². The highest BCUT2D eigenvalue weighted by Gasteiger charge is 2.40. The van der Waals surface area contributed by atoms with E-state index in [1.54, 1.807) is 6.08 Å². The first-order valence-corrected chi connectivity index (χ1v) is 11.1. The SMILES string of the molecule is C/C=C/CCC1CCC(C2CC=C(OC(F)(F)c3ccc(C)c(F)c3F)CC2)CC1. The Balaban J connectivity index is 1.53. The van der Waals surface area contributed by atoms with Crippen LogP contribution >= 0.6 is 0 Å². The van der Waals surface area contributed by atoms with E-state index in [0.717, 1.165) is 30.9 Å². The number of hydrogen-bond donors (Lipinski definition) is 0. The Morgan fingerprint density at radius 3 is 2.40 bits per heavy atom. The van der Waals surface area contributed by atoms with Crippen molar-refractivity contribution in [1.82, 2.24) is 0 Å². The molecule has 1 fully saturated rings. The standard InChI is InChI=1S/C25H32F4O/c1-3-4-5-6-18-8-10-19(11-9-18)20-12-14-21(15-13-20)30-25(28,29)22-16-7-17(2)23(26)24(22)27/h3-4,7,14,16,18-20H,5-6,8-13,15H2,1-2H3/b4-3+. The van der Waals surface area contributed by atoms with Gasteiger partial charge in [0.05, 0.1) is 5.76 Å². The minimum Gasteiger partial charge on any atom is -0.434 e. The molecule has 1 aromatic carbocycles. The van der Waals surface area contributed by atoms with Crippen LogP contribution in [0, 0.1) is 36.3 Å². The third-order valence-electron chi connectivity index (χ3n) is 6.79. The Morgan fingerprint density at radius 2 is 1.77 bits per heavy atom. The van der Waals surface area contributed by atoms with Crippen LogP contribution in [0.15, 0.2) is 36.1 Å². The molecule has 0 aromatic heterocycles. The molecular formula is C25H32F4O. The molecule has 0 amide bonds. The highest BCUT2D eigenvalue weighted by atomic mass is 19.3. The number of ether oxygens (including phenoxy) is 1. The van der Waals surface area contributed by atoms with E-state index in [-0.39, 0.29) is 11.3 Å². The van der Waals surface area contributed by atoms with Crippen molar-refractivity contribution in [2.45, 2.75) is 77.7 Å². The monoisotopic (exact) mass is 424 g/mol. The second-order valence-corrected chi connectivity index (χ2v) is 8.81. The van der Waals surface area contributed by atoms with E-state index >= 15 is 0 Å². The van der Waals surface area contributed by atoms with Crippen molar-refractivity contribution < 1.29 is 22.3 Å². The lowest BCUT2D eigenvalue weighted by Crippen LogP contribution is -2.25. The molecule has 0 N–H and O–H groups in total. The lowest BCUT2D eigenvalue weighted by Gasteiger charge is -2.35. The van der Waals surface area contributed by atoms with E-state index in [1.165, 1.54) is 39.0 Å². The van der Waals surface area contributed by atoms with Crippen molar-refractivity contribution in [1.29, 1.82) is 0 Å². The summed E-state index contributed by atoms with van der Waals surface area (Å²) in [7, 11) is 0. The van der Waals surface area contributed by atoms with E-state index < -0.39 is 23.3 Å². The van der Waals surface area contributed by atoms with Gasteiger partial charge >= 0.3 is 6.11 Å². The summed E-state index contributed by atoms with van der Waals surface area (Å²) in [6, 6.07) is 2.04. The van der Waals surface area contributed by atoms with Crippen LogP contribution in [-0.4, -0.2) is 0 Å². The Morgan fingerprint density at radius 1 is 1.03 bits per heavy atom. The molecule has 5 heteroatoms. The number of halogens is 4. The van der Waals surface area contributed by atoms with Crippen molar-refractivity contribution >= 4 is 0 Å². The Hall–Kier alpha value is -1.78. The first-order valence-electron chi connectivity index (χ1n) is 11.1. The molecule has 0 spiro atoms. The molecule has 2 aliphatic rings.